The van der Waals surface area contributed by atoms with Crippen LogP contribution in [0.5, 0.6) is 0 Å². The van der Waals surface area contributed by atoms with Gasteiger partial charge in [0, 0.05) is 17.8 Å². The Balaban J connectivity index is 1.88. The molecule has 1 amide bonds. The molecule has 2 unspecified atom stereocenters. The molecule has 0 radical (unpaired) electrons. The standard InChI is InChI=1S/C21H22ClFN6O3S/c1-12(27(3)4)19-25-26-21(28(19)15-7-5-14(23)6-8-15)33-13(2)20(30)24-18-11-16(29(31)32)9-10-17(18)22/h5-13H,1-4H3,(H,24,30). The molecule has 1 heterocycles. The van der Waals surface area contributed by atoms with Crippen LogP contribution >= 0.6 is 23.4 Å². The van der Waals surface area contributed by atoms with Crippen molar-refractivity contribution in [3.8, 4) is 5.69 Å². The van der Waals surface area contributed by atoms with Crippen molar-refractivity contribution in [2.24, 2.45) is 0 Å². The molecule has 0 saturated carbocycles. The predicted molar refractivity (Wildman–Crippen MR) is 125 cm³/mol. The van der Waals surface area contributed by atoms with E-state index >= 15 is 0 Å². The molecule has 3 rings (SSSR count). The van der Waals surface area contributed by atoms with Crippen LogP contribution in [-0.4, -0.2) is 49.8 Å². The van der Waals surface area contributed by atoms with Crippen LogP contribution in [0.2, 0.25) is 5.02 Å². The van der Waals surface area contributed by atoms with Crippen molar-refractivity contribution in [2.75, 3.05) is 19.4 Å². The summed E-state index contributed by atoms with van der Waals surface area (Å²) in [7, 11) is 3.81. The first-order valence-corrected chi connectivity index (χ1v) is 11.1. The first-order chi connectivity index (χ1) is 15.6. The van der Waals surface area contributed by atoms with Gasteiger partial charge in [-0.3, -0.25) is 24.4 Å². The molecule has 33 heavy (non-hydrogen) atoms. The van der Waals surface area contributed by atoms with E-state index in [4.69, 9.17) is 11.6 Å². The number of non-ortho nitro benzene ring substituents is 1. The number of amides is 1. The van der Waals surface area contributed by atoms with Crippen LogP contribution in [0.3, 0.4) is 0 Å². The van der Waals surface area contributed by atoms with Crippen molar-refractivity contribution >= 4 is 40.6 Å². The molecule has 0 spiro atoms. The Bertz CT molecular complexity index is 1170. The van der Waals surface area contributed by atoms with Crippen molar-refractivity contribution in [3.05, 3.63) is 69.2 Å². The molecule has 1 aromatic heterocycles. The molecule has 9 nitrogen and oxygen atoms in total. The van der Waals surface area contributed by atoms with Crippen molar-refractivity contribution in [2.45, 2.75) is 30.3 Å². The van der Waals surface area contributed by atoms with Gasteiger partial charge in [0.05, 0.1) is 26.9 Å². The molecule has 0 aliphatic heterocycles. The number of halogens is 2. The normalized spacial score (nSPS) is 13.1. The van der Waals surface area contributed by atoms with E-state index in [0.717, 1.165) is 11.8 Å². The lowest BCUT2D eigenvalue weighted by molar-refractivity contribution is -0.384. The number of nitro groups is 1. The fraction of sp³-hybridized carbons (Fsp3) is 0.286. The topological polar surface area (TPSA) is 106 Å². The van der Waals surface area contributed by atoms with E-state index in [1.165, 1.54) is 30.3 Å². The lowest BCUT2D eigenvalue weighted by atomic mass is 10.2. The number of thioether (sulfide) groups is 1. The third-order valence-corrected chi connectivity index (χ3v) is 6.33. The molecular weight excluding hydrogens is 471 g/mol. The van der Waals surface area contributed by atoms with Crippen molar-refractivity contribution in [1.29, 1.82) is 0 Å². The zero-order valence-electron chi connectivity index (χ0n) is 18.3. The largest absolute Gasteiger partial charge is 0.324 e. The third-order valence-electron chi connectivity index (χ3n) is 4.96. The second kappa shape index (κ2) is 10.3. The Labute approximate surface area is 199 Å². The quantitative estimate of drug-likeness (QED) is 0.275. The molecule has 0 aliphatic carbocycles. The van der Waals surface area contributed by atoms with Gasteiger partial charge in [0.1, 0.15) is 5.82 Å². The van der Waals surface area contributed by atoms with Crippen LogP contribution < -0.4 is 5.32 Å². The second-order valence-electron chi connectivity index (χ2n) is 7.46. The Morgan fingerprint density at radius 2 is 1.88 bits per heavy atom. The van der Waals surface area contributed by atoms with Gasteiger partial charge < -0.3 is 5.32 Å². The molecular formula is C21H22ClFN6O3S. The second-order valence-corrected chi connectivity index (χ2v) is 9.18. The average Bonchev–Trinajstić information content (AvgIpc) is 3.18. The monoisotopic (exact) mass is 492 g/mol. The minimum atomic E-state index is -0.647. The Hall–Kier alpha value is -3.02. The summed E-state index contributed by atoms with van der Waals surface area (Å²) in [5, 5.41) is 22.2. The lowest BCUT2D eigenvalue weighted by Gasteiger charge is -2.21. The van der Waals surface area contributed by atoms with Gasteiger partial charge in [-0.15, -0.1) is 10.2 Å². The average molecular weight is 493 g/mol. The highest BCUT2D eigenvalue weighted by molar-refractivity contribution is 8.00. The van der Waals surface area contributed by atoms with E-state index in [1.54, 1.807) is 23.6 Å². The molecule has 2 atom stereocenters. The third kappa shape index (κ3) is 5.67. The zero-order valence-corrected chi connectivity index (χ0v) is 19.9. The fourth-order valence-corrected chi connectivity index (χ4v) is 3.90. The summed E-state index contributed by atoms with van der Waals surface area (Å²) >= 11 is 7.24. The number of carbonyl (C=O) groups is 1. The molecule has 0 saturated heterocycles. The maximum absolute atomic E-state index is 13.5. The van der Waals surface area contributed by atoms with E-state index < -0.39 is 16.1 Å². The first-order valence-electron chi connectivity index (χ1n) is 9.87. The van der Waals surface area contributed by atoms with Crippen LogP contribution in [0.4, 0.5) is 15.8 Å². The maximum Gasteiger partial charge on any atom is 0.271 e. The number of rotatable bonds is 8. The van der Waals surface area contributed by atoms with Gasteiger partial charge in [0.25, 0.3) is 5.69 Å². The molecule has 1 N–H and O–H groups in total. The minimum Gasteiger partial charge on any atom is -0.324 e. The van der Waals surface area contributed by atoms with Gasteiger partial charge in [-0.2, -0.15) is 0 Å². The summed E-state index contributed by atoms with van der Waals surface area (Å²) in [5.41, 5.74) is 0.612. The van der Waals surface area contributed by atoms with E-state index in [0.29, 0.717) is 16.7 Å². The summed E-state index contributed by atoms with van der Waals surface area (Å²) in [6.07, 6.45) is 0. The molecule has 2 aromatic carbocycles. The predicted octanol–water partition coefficient (Wildman–Crippen LogP) is 4.71. The number of anilines is 1. The Morgan fingerprint density at radius 1 is 1.21 bits per heavy atom. The van der Waals surface area contributed by atoms with Gasteiger partial charge in [-0.25, -0.2) is 4.39 Å². The van der Waals surface area contributed by atoms with Crippen molar-refractivity contribution in [3.63, 3.8) is 0 Å². The summed E-state index contributed by atoms with van der Waals surface area (Å²) in [6, 6.07) is 9.62. The van der Waals surface area contributed by atoms with E-state index in [1.807, 2.05) is 25.9 Å². The summed E-state index contributed by atoms with van der Waals surface area (Å²) in [5.74, 6) is -0.161. The van der Waals surface area contributed by atoms with Gasteiger partial charge in [-0.1, -0.05) is 23.4 Å². The van der Waals surface area contributed by atoms with Crippen LogP contribution in [0.1, 0.15) is 25.7 Å². The number of nitrogens with zero attached hydrogens (tertiary/aromatic N) is 5. The summed E-state index contributed by atoms with van der Waals surface area (Å²) in [6.45, 7) is 3.63. The highest BCUT2D eigenvalue weighted by atomic mass is 35.5. The lowest BCUT2D eigenvalue weighted by Crippen LogP contribution is -2.23. The Kier molecular flexibility index (Phi) is 7.67. The first kappa shape index (κ1) is 24.6. The Morgan fingerprint density at radius 3 is 2.48 bits per heavy atom. The van der Waals surface area contributed by atoms with Crippen molar-refractivity contribution < 1.29 is 14.1 Å². The number of carbonyl (C=O) groups excluding carboxylic acids is 1. The van der Waals surface area contributed by atoms with Crippen LogP contribution in [-0.2, 0) is 4.79 Å². The maximum atomic E-state index is 13.5. The highest BCUT2D eigenvalue weighted by Gasteiger charge is 2.25. The van der Waals surface area contributed by atoms with Crippen LogP contribution in [0.25, 0.3) is 5.69 Å². The van der Waals surface area contributed by atoms with Gasteiger partial charge in [-0.05, 0) is 58.3 Å². The molecule has 174 valence electrons. The smallest absolute Gasteiger partial charge is 0.271 e. The number of hydrogen-bond donors (Lipinski definition) is 1. The number of aromatic nitrogens is 3. The number of hydrogen-bond acceptors (Lipinski definition) is 7. The zero-order chi connectivity index (χ0) is 24.3. The number of benzene rings is 2. The molecule has 0 bridgehead atoms. The van der Waals surface area contributed by atoms with E-state index in [9.17, 15) is 19.3 Å². The number of nitrogens with one attached hydrogen (secondary N) is 1. The van der Waals surface area contributed by atoms with Gasteiger partial charge in [0.15, 0.2) is 11.0 Å². The van der Waals surface area contributed by atoms with Gasteiger partial charge in [0.2, 0.25) is 5.91 Å². The molecule has 12 heteroatoms. The SMILES string of the molecule is CC(Sc1nnc(C(C)N(C)C)n1-c1ccc(F)cc1)C(=O)Nc1cc([N+](=O)[O-])ccc1Cl. The molecule has 0 aliphatic rings. The van der Waals surface area contributed by atoms with Crippen LogP contribution in [0, 0.1) is 15.9 Å². The summed E-state index contributed by atoms with van der Waals surface area (Å²) in [4.78, 5) is 25.2. The molecule has 0 fully saturated rings. The highest BCUT2D eigenvalue weighted by Crippen LogP contribution is 2.31. The summed E-state index contributed by atoms with van der Waals surface area (Å²) < 4.78 is 15.3. The molecule has 3 aromatic rings. The van der Waals surface area contributed by atoms with Gasteiger partial charge >= 0.3 is 0 Å². The fourth-order valence-electron chi connectivity index (χ4n) is 2.86. The van der Waals surface area contributed by atoms with Crippen LogP contribution in [0.15, 0.2) is 47.6 Å². The van der Waals surface area contributed by atoms with Crippen molar-refractivity contribution in [1.82, 2.24) is 19.7 Å². The van der Waals surface area contributed by atoms with E-state index in [-0.39, 0.29) is 28.3 Å². The number of nitro benzene ring substituents is 1. The minimum absolute atomic E-state index is 0.107. The van der Waals surface area contributed by atoms with E-state index in [2.05, 4.69) is 15.5 Å².